The average Bonchev–Trinajstić information content (AvgIpc) is 3.05. The third kappa shape index (κ3) is 3.59. The summed E-state index contributed by atoms with van der Waals surface area (Å²) in [5.74, 6) is 0. The van der Waals surface area contributed by atoms with E-state index in [-0.39, 0.29) is 11.1 Å². The lowest BCUT2D eigenvalue weighted by molar-refractivity contribution is -0.0817. The number of nitrogens with zero attached hydrogens (tertiary/aromatic N) is 2. The zero-order valence-electron chi connectivity index (χ0n) is 17.7. The van der Waals surface area contributed by atoms with E-state index in [4.69, 9.17) is 4.74 Å². The Bertz CT molecular complexity index is 609. The summed E-state index contributed by atoms with van der Waals surface area (Å²) in [6.45, 7) is 3.83. The average molecular weight is 371 g/mol. The number of benzene rings is 1. The van der Waals surface area contributed by atoms with Crippen LogP contribution in [-0.2, 0) is 10.3 Å². The number of hydrogen-bond acceptors (Lipinski definition) is 3. The van der Waals surface area contributed by atoms with Crippen LogP contribution in [0.1, 0.15) is 63.4 Å². The van der Waals surface area contributed by atoms with E-state index in [9.17, 15) is 0 Å². The van der Waals surface area contributed by atoms with Crippen LogP contribution in [0.5, 0.6) is 0 Å². The highest BCUT2D eigenvalue weighted by molar-refractivity contribution is 5.26. The number of ether oxygens (including phenoxy) is 1. The molecule has 0 radical (unpaired) electrons. The third-order valence-corrected chi connectivity index (χ3v) is 8.40. The highest BCUT2D eigenvalue weighted by Gasteiger charge is 2.48. The number of likely N-dealkylation sites (tertiary alicyclic amines) is 1. The second kappa shape index (κ2) is 7.50. The van der Waals surface area contributed by atoms with Crippen LogP contribution in [0.2, 0.25) is 0 Å². The van der Waals surface area contributed by atoms with Gasteiger partial charge in [-0.15, -0.1) is 0 Å². The van der Waals surface area contributed by atoms with Crippen molar-refractivity contribution in [2.24, 2.45) is 5.41 Å². The van der Waals surface area contributed by atoms with Gasteiger partial charge in [-0.05, 0) is 89.4 Å². The largest absolute Gasteiger partial charge is 0.378 e. The van der Waals surface area contributed by atoms with Gasteiger partial charge in [-0.2, -0.15) is 0 Å². The summed E-state index contributed by atoms with van der Waals surface area (Å²) in [6.07, 6.45) is 11.8. The van der Waals surface area contributed by atoms with Crippen LogP contribution < -0.4 is 0 Å². The SMILES string of the molecule is COC1(CCN2CCC3(CCC(c4ccccc4)(N(C)C)CC3)C2)CCC1. The van der Waals surface area contributed by atoms with Gasteiger partial charge in [0.05, 0.1) is 5.60 Å². The highest BCUT2D eigenvalue weighted by Crippen LogP contribution is 2.52. The Kier molecular flexibility index (Phi) is 5.39. The van der Waals surface area contributed by atoms with Crippen molar-refractivity contribution in [1.82, 2.24) is 9.80 Å². The van der Waals surface area contributed by atoms with E-state index in [0.29, 0.717) is 5.41 Å². The molecule has 1 aromatic rings. The van der Waals surface area contributed by atoms with Gasteiger partial charge in [-0.1, -0.05) is 30.3 Å². The quantitative estimate of drug-likeness (QED) is 0.724. The first-order chi connectivity index (χ1) is 13.0. The van der Waals surface area contributed by atoms with E-state index < -0.39 is 0 Å². The van der Waals surface area contributed by atoms with E-state index in [2.05, 4.69) is 54.2 Å². The Labute approximate surface area is 166 Å². The van der Waals surface area contributed by atoms with E-state index in [1.807, 2.05) is 7.11 Å². The molecule has 3 heteroatoms. The van der Waals surface area contributed by atoms with Gasteiger partial charge in [0.15, 0.2) is 0 Å². The van der Waals surface area contributed by atoms with Crippen LogP contribution in [-0.4, -0.2) is 56.2 Å². The standard InChI is InChI=1S/C24H38N2O/c1-25(2)24(21-8-5-4-6-9-21)14-12-22(13-15-24)16-18-26(20-22)19-17-23(27-3)10-7-11-23/h4-6,8-9H,7,10-20H2,1-3H3. The van der Waals surface area contributed by atoms with Crippen molar-refractivity contribution >= 4 is 0 Å². The summed E-state index contributed by atoms with van der Waals surface area (Å²) >= 11 is 0. The molecule has 1 spiro atoms. The maximum Gasteiger partial charge on any atom is 0.0691 e. The van der Waals surface area contributed by atoms with Crippen molar-refractivity contribution in [3.05, 3.63) is 35.9 Å². The topological polar surface area (TPSA) is 15.7 Å². The Morgan fingerprint density at radius 2 is 1.67 bits per heavy atom. The van der Waals surface area contributed by atoms with Crippen molar-refractivity contribution < 1.29 is 4.74 Å². The van der Waals surface area contributed by atoms with E-state index >= 15 is 0 Å². The molecule has 150 valence electrons. The molecular weight excluding hydrogens is 332 g/mol. The maximum atomic E-state index is 5.84. The molecular formula is C24H38N2O. The predicted octanol–water partition coefficient (Wildman–Crippen LogP) is 4.67. The molecule has 0 amide bonds. The monoisotopic (exact) mass is 370 g/mol. The molecule has 2 saturated carbocycles. The van der Waals surface area contributed by atoms with Crippen molar-refractivity contribution in [1.29, 1.82) is 0 Å². The van der Waals surface area contributed by atoms with Crippen LogP contribution >= 0.6 is 0 Å². The lowest BCUT2D eigenvalue weighted by Crippen LogP contribution is -2.47. The summed E-state index contributed by atoms with van der Waals surface area (Å²) in [6, 6.07) is 11.2. The summed E-state index contributed by atoms with van der Waals surface area (Å²) < 4.78 is 5.84. The maximum absolute atomic E-state index is 5.84. The van der Waals surface area contributed by atoms with Crippen molar-refractivity contribution in [2.75, 3.05) is 40.8 Å². The minimum atomic E-state index is 0.218. The van der Waals surface area contributed by atoms with Crippen LogP contribution in [0, 0.1) is 5.41 Å². The van der Waals surface area contributed by atoms with E-state index in [0.717, 1.165) is 0 Å². The van der Waals surface area contributed by atoms with Crippen LogP contribution in [0.15, 0.2) is 30.3 Å². The molecule has 0 aromatic heterocycles. The van der Waals surface area contributed by atoms with Gasteiger partial charge in [-0.25, -0.2) is 0 Å². The molecule has 3 fully saturated rings. The fourth-order valence-electron chi connectivity index (χ4n) is 6.05. The minimum absolute atomic E-state index is 0.218. The molecule has 1 aliphatic heterocycles. The predicted molar refractivity (Wildman–Crippen MR) is 112 cm³/mol. The molecule has 0 atom stereocenters. The molecule has 0 N–H and O–H groups in total. The van der Waals surface area contributed by atoms with Crippen LogP contribution in [0.3, 0.4) is 0 Å². The lowest BCUT2D eigenvalue weighted by Gasteiger charge is -2.49. The smallest absolute Gasteiger partial charge is 0.0691 e. The molecule has 27 heavy (non-hydrogen) atoms. The molecule has 1 aromatic carbocycles. The number of methoxy groups -OCH3 is 1. The Balaban J connectivity index is 1.37. The van der Waals surface area contributed by atoms with E-state index in [1.54, 1.807) is 0 Å². The fourth-order valence-corrected chi connectivity index (χ4v) is 6.05. The second-order valence-electron chi connectivity index (χ2n) is 9.81. The summed E-state index contributed by atoms with van der Waals surface area (Å²) in [4.78, 5) is 5.23. The van der Waals surface area contributed by atoms with Crippen LogP contribution in [0.4, 0.5) is 0 Å². The number of hydrogen-bond donors (Lipinski definition) is 0. The molecule has 0 unspecified atom stereocenters. The van der Waals surface area contributed by atoms with Gasteiger partial charge in [0.25, 0.3) is 0 Å². The van der Waals surface area contributed by atoms with Gasteiger partial charge >= 0.3 is 0 Å². The summed E-state index contributed by atoms with van der Waals surface area (Å²) in [7, 11) is 6.46. The lowest BCUT2D eigenvalue weighted by atomic mass is 9.64. The minimum Gasteiger partial charge on any atom is -0.378 e. The first kappa shape index (κ1) is 19.4. The molecule has 3 aliphatic rings. The molecule has 3 nitrogen and oxygen atoms in total. The first-order valence-electron chi connectivity index (χ1n) is 11.0. The summed E-state index contributed by atoms with van der Waals surface area (Å²) in [5, 5.41) is 0. The Hall–Kier alpha value is -0.900. The second-order valence-corrected chi connectivity index (χ2v) is 9.81. The normalized spacial score (nSPS) is 33.5. The Morgan fingerprint density at radius 1 is 0.963 bits per heavy atom. The zero-order valence-corrected chi connectivity index (χ0v) is 17.7. The van der Waals surface area contributed by atoms with Gasteiger partial charge in [0.1, 0.15) is 0 Å². The molecule has 1 heterocycles. The molecule has 4 rings (SSSR count). The first-order valence-corrected chi connectivity index (χ1v) is 11.0. The fraction of sp³-hybridized carbons (Fsp3) is 0.750. The van der Waals surface area contributed by atoms with Crippen molar-refractivity contribution in [2.45, 2.75) is 68.9 Å². The number of rotatable bonds is 6. The molecule has 1 saturated heterocycles. The van der Waals surface area contributed by atoms with Crippen LogP contribution in [0.25, 0.3) is 0 Å². The summed E-state index contributed by atoms with van der Waals surface area (Å²) in [5.41, 5.74) is 2.52. The van der Waals surface area contributed by atoms with Gasteiger partial charge in [-0.3, -0.25) is 4.90 Å². The van der Waals surface area contributed by atoms with Crippen molar-refractivity contribution in [3.63, 3.8) is 0 Å². The van der Waals surface area contributed by atoms with Gasteiger partial charge < -0.3 is 9.64 Å². The molecule has 2 aliphatic carbocycles. The van der Waals surface area contributed by atoms with Crippen molar-refractivity contribution in [3.8, 4) is 0 Å². The van der Waals surface area contributed by atoms with Gasteiger partial charge in [0, 0.05) is 25.7 Å². The highest BCUT2D eigenvalue weighted by atomic mass is 16.5. The Morgan fingerprint density at radius 3 is 2.22 bits per heavy atom. The van der Waals surface area contributed by atoms with Gasteiger partial charge in [0.2, 0.25) is 0 Å². The molecule has 0 bridgehead atoms. The third-order valence-electron chi connectivity index (χ3n) is 8.40. The van der Waals surface area contributed by atoms with E-state index in [1.165, 1.54) is 83.0 Å². The zero-order chi connectivity index (χ0) is 19.0.